The Morgan fingerprint density at radius 3 is 2.14 bits per heavy atom. The molecule has 0 amide bonds. The van der Waals surface area contributed by atoms with E-state index in [0.29, 0.717) is 0 Å². The Kier molecular flexibility index (Phi) is 4.24. The highest BCUT2D eigenvalue weighted by atomic mass is 14.9. The second-order valence-corrected chi connectivity index (χ2v) is 5.73. The summed E-state index contributed by atoms with van der Waals surface area (Å²) in [5, 5.41) is 3.53. The normalized spacial score (nSPS) is 10.5. The van der Waals surface area contributed by atoms with Gasteiger partial charge in [-0.05, 0) is 47.7 Å². The molecule has 0 saturated carbocycles. The van der Waals surface area contributed by atoms with E-state index in [9.17, 15) is 0 Å². The van der Waals surface area contributed by atoms with E-state index < -0.39 is 0 Å². The minimum atomic E-state index is 0.847. The van der Waals surface area contributed by atoms with Crippen LogP contribution in [0, 0.1) is 13.8 Å². The van der Waals surface area contributed by atoms with E-state index in [0.717, 1.165) is 6.54 Å². The summed E-state index contributed by atoms with van der Waals surface area (Å²) < 4.78 is 0. The Morgan fingerprint density at radius 1 is 0.727 bits per heavy atom. The number of rotatable bonds is 4. The van der Waals surface area contributed by atoms with Gasteiger partial charge in [-0.3, -0.25) is 0 Å². The highest BCUT2D eigenvalue weighted by molar-refractivity contribution is 5.63. The topological polar surface area (TPSA) is 12.0 Å². The number of benzene rings is 3. The van der Waals surface area contributed by atoms with Gasteiger partial charge in [0, 0.05) is 12.2 Å². The first-order valence-corrected chi connectivity index (χ1v) is 7.68. The molecular weight excluding hydrogens is 266 g/mol. The van der Waals surface area contributed by atoms with E-state index in [1.807, 2.05) is 6.07 Å². The van der Waals surface area contributed by atoms with Crippen LogP contribution in [0.5, 0.6) is 0 Å². The number of nitrogens with one attached hydrogen (secondary N) is 1. The molecule has 1 heteroatoms. The third-order valence-corrected chi connectivity index (χ3v) is 3.94. The Hall–Kier alpha value is -2.54. The lowest BCUT2D eigenvalue weighted by atomic mass is 10.0. The monoisotopic (exact) mass is 287 g/mol. The van der Waals surface area contributed by atoms with Crippen LogP contribution >= 0.6 is 0 Å². The molecule has 3 aromatic rings. The summed E-state index contributed by atoms with van der Waals surface area (Å²) >= 11 is 0. The highest BCUT2D eigenvalue weighted by Crippen LogP contribution is 2.21. The van der Waals surface area contributed by atoms with Crippen molar-refractivity contribution in [3.05, 3.63) is 89.5 Å². The predicted octanol–water partition coefficient (Wildman–Crippen LogP) is 5.58. The van der Waals surface area contributed by atoms with Crippen molar-refractivity contribution >= 4 is 5.69 Å². The minimum Gasteiger partial charge on any atom is -0.381 e. The van der Waals surface area contributed by atoms with Crippen molar-refractivity contribution in [3.63, 3.8) is 0 Å². The average Bonchev–Trinajstić information content (AvgIpc) is 2.57. The fourth-order valence-corrected chi connectivity index (χ4v) is 2.57. The molecule has 0 radical (unpaired) electrons. The van der Waals surface area contributed by atoms with Gasteiger partial charge in [-0.2, -0.15) is 0 Å². The first-order chi connectivity index (χ1) is 10.7. The third kappa shape index (κ3) is 3.37. The summed E-state index contributed by atoms with van der Waals surface area (Å²) in [7, 11) is 0. The second kappa shape index (κ2) is 6.48. The lowest BCUT2D eigenvalue weighted by molar-refractivity contribution is 1.14. The lowest BCUT2D eigenvalue weighted by Crippen LogP contribution is -2.01. The van der Waals surface area contributed by atoms with Gasteiger partial charge in [-0.15, -0.1) is 0 Å². The number of anilines is 1. The molecular formula is C21H21N. The summed E-state index contributed by atoms with van der Waals surface area (Å²) in [4.78, 5) is 0. The standard InChI is InChI=1S/C21H21N/c1-16-8-9-17(2)21(14-16)22-15-18-10-12-20(13-11-18)19-6-4-3-5-7-19/h3-14,22H,15H2,1-2H3. The average molecular weight is 287 g/mol. The van der Waals surface area contributed by atoms with E-state index in [4.69, 9.17) is 0 Å². The molecule has 0 heterocycles. The van der Waals surface area contributed by atoms with E-state index in [1.54, 1.807) is 0 Å². The van der Waals surface area contributed by atoms with Crippen LogP contribution in [0.4, 0.5) is 5.69 Å². The number of hydrogen-bond acceptors (Lipinski definition) is 1. The maximum absolute atomic E-state index is 3.53. The first-order valence-electron chi connectivity index (χ1n) is 7.68. The third-order valence-electron chi connectivity index (χ3n) is 3.94. The molecule has 1 N–H and O–H groups in total. The van der Waals surface area contributed by atoms with Crippen LogP contribution in [-0.2, 0) is 6.54 Å². The summed E-state index contributed by atoms with van der Waals surface area (Å²) in [6, 6.07) is 25.8. The van der Waals surface area contributed by atoms with Crippen LogP contribution in [-0.4, -0.2) is 0 Å². The minimum absolute atomic E-state index is 0.847. The van der Waals surface area contributed by atoms with Crippen LogP contribution in [0.3, 0.4) is 0 Å². The zero-order valence-electron chi connectivity index (χ0n) is 13.1. The zero-order chi connectivity index (χ0) is 15.4. The molecule has 0 spiro atoms. The zero-order valence-corrected chi connectivity index (χ0v) is 13.1. The molecule has 0 aliphatic heterocycles. The number of aryl methyl sites for hydroxylation is 2. The Morgan fingerprint density at radius 2 is 1.41 bits per heavy atom. The summed E-state index contributed by atoms with van der Waals surface area (Å²) in [6.07, 6.45) is 0. The van der Waals surface area contributed by atoms with Gasteiger partial charge in [0.25, 0.3) is 0 Å². The van der Waals surface area contributed by atoms with Crippen molar-refractivity contribution in [2.75, 3.05) is 5.32 Å². The van der Waals surface area contributed by atoms with Gasteiger partial charge in [0.05, 0.1) is 0 Å². The smallest absolute Gasteiger partial charge is 0.0400 e. The number of hydrogen-bond donors (Lipinski definition) is 1. The molecule has 1 nitrogen and oxygen atoms in total. The second-order valence-electron chi connectivity index (χ2n) is 5.73. The SMILES string of the molecule is Cc1ccc(C)c(NCc2ccc(-c3ccccc3)cc2)c1. The van der Waals surface area contributed by atoms with Gasteiger partial charge < -0.3 is 5.32 Å². The summed E-state index contributed by atoms with van der Waals surface area (Å²) in [5.74, 6) is 0. The van der Waals surface area contributed by atoms with Crippen molar-refractivity contribution < 1.29 is 0 Å². The molecule has 0 bridgehead atoms. The summed E-state index contributed by atoms with van der Waals surface area (Å²) in [5.41, 5.74) is 7.60. The molecule has 3 aromatic carbocycles. The van der Waals surface area contributed by atoms with Gasteiger partial charge in [0.15, 0.2) is 0 Å². The predicted molar refractivity (Wildman–Crippen MR) is 95.1 cm³/mol. The molecule has 110 valence electrons. The van der Waals surface area contributed by atoms with Crippen LogP contribution in [0.15, 0.2) is 72.8 Å². The van der Waals surface area contributed by atoms with Crippen molar-refractivity contribution in [1.82, 2.24) is 0 Å². The molecule has 0 fully saturated rings. The van der Waals surface area contributed by atoms with Gasteiger partial charge in [0.2, 0.25) is 0 Å². The van der Waals surface area contributed by atoms with Crippen LogP contribution < -0.4 is 5.32 Å². The van der Waals surface area contributed by atoms with Gasteiger partial charge in [-0.25, -0.2) is 0 Å². The maximum Gasteiger partial charge on any atom is 0.0400 e. The van der Waals surface area contributed by atoms with Crippen LogP contribution in [0.1, 0.15) is 16.7 Å². The largest absolute Gasteiger partial charge is 0.381 e. The Bertz CT molecular complexity index is 743. The maximum atomic E-state index is 3.53. The van der Waals surface area contributed by atoms with Crippen molar-refractivity contribution in [3.8, 4) is 11.1 Å². The van der Waals surface area contributed by atoms with Crippen molar-refractivity contribution in [1.29, 1.82) is 0 Å². The fraction of sp³-hybridized carbons (Fsp3) is 0.143. The van der Waals surface area contributed by atoms with Crippen LogP contribution in [0.25, 0.3) is 11.1 Å². The Labute approximate surface area is 132 Å². The molecule has 0 aliphatic carbocycles. The Balaban J connectivity index is 1.70. The molecule has 22 heavy (non-hydrogen) atoms. The van der Waals surface area contributed by atoms with Gasteiger partial charge in [-0.1, -0.05) is 66.7 Å². The summed E-state index contributed by atoms with van der Waals surface area (Å²) in [6.45, 7) is 5.11. The molecule has 0 saturated heterocycles. The van der Waals surface area contributed by atoms with Crippen molar-refractivity contribution in [2.45, 2.75) is 20.4 Å². The van der Waals surface area contributed by atoms with E-state index >= 15 is 0 Å². The van der Waals surface area contributed by atoms with Gasteiger partial charge >= 0.3 is 0 Å². The van der Waals surface area contributed by atoms with E-state index in [2.05, 4.69) is 85.9 Å². The van der Waals surface area contributed by atoms with Crippen LogP contribution in [0.2, 0.25) is 0 Å². The molecule has 0 unspecified atom stereocenters. The van der Waals surface area contributed by atoms with Gasteiger partial charge in [0.1, 0.15) is 0 Å². The van der Waals surface area contributed by atoms with E-state index in [-0.39, 0.29) is 0 Å². The fourth-order valence-electron chi connectivity index (χ4n) is 2.57. The van der Waals surface area contributed by atoms with Crippen molar-refractivity contribution in [2.24, 2.45) is 0 Å². The molecule has 0 aliphatic rings. The first kappa shape index (κ1) is 14.4. The highest BCUT2D eigenvalue weighted by Gasteiger charge is 2.00. The lowest BCUT2D eigenvalue weighted by Gasteiger charge is -2.11. The molecule has 0 aromatic heterocycles. The molecule has 0 atom stereocenters. The quantitative estimate of drug-likeness (QED) is 0.660. The van der Waals surface area contributed by atoms with E-state index in [1.165, 1.54) is 33.5 Å². The molecule has 3 rings (SSSR count).